The van der Waals surface area contributed by atoms with Crippen molar-refractivity contribution >= 4 is 51.5 Å². The van der Waals surface area contributed by atoms with Gasteiger partial charge in [-0.15, -0.1) is 0 Å². The zero-order chi connectivity index (χ0) is 33.9. The van der Waals surface area contributed by atoms with Crippen molar-refractivity contribution in [2.45, 2.75) is 26.4 Å². The van der Waals surface area contributed by atoms with Gasteiger partial charge in [0.1, 0.15) is 12.3 Å². The highest BCUT2D eigenvalue weighted by molar-refractivity contribution is 7.07. The number of hydrogen-bond acceptors (Lipinski definition) is 6. The maximum Gasteiger partial charge on any atom is 0.271 e. The largest absolute Gasteiger partial charge is 0.494 e. The number of amides is 2. The number of thiazole rings is 1. The Kier molecular flexibility index (Phi) is 8.78. The van der Waals surface area contributed by atoms with Crippen LogP contribution in [0.4, 0.5) is 11.4 Å². The maximum atomic E-state index is 14.4. The van der Waals surface area contributed by atoms with E-state index in [9.17, 15) is 14.4 Å². The number of carbonyl (C=O) groups is 2. The highest BCUT2D eigenvalue weighted by Gasteiger charge is 2.32. The summed E-state index contributed by atoms with van der Waals surface area (Å²) >= 11 is 1.27. The smallest absolute Gasteiger partial charge is 0.271 e. The van der Waals surface area contributed by atoms with Gasteiger partial charge >= 0.3 is 0 Å². The second kappa shape index (κ2) is 13.6. The summed E-state index contributed by atoms with van der Waals surface area (Å²) in [5, 5.41) is 6.83. The molecule has 6 aromatic rings. The first kappa shape index (κ1) is 31.6. The molecule has 0 fully saturated rings. The average Bonchev–Trinajstić information content (AvgIpc) is 3.61. The molecule has 1 aliphatic rings. The Balaban J connectivity index is 1.30. The van der Waals surface area contributed by atoms with Crippen LogP contribution in [0.2, 0.25) is 0 Å². The molecular weight excluding hydrogens is 635 g/mol. The quantitative estimate of drug-likeness (QED) is 0.201. The molecule has 10 heteroatoms. The zero-order valence-electron chi connectivity index (χ0n) is 26.9. The van der Waals surface area contributed by atoms with E-state index in [1.165, 1.54) is 11.3 Å². The predicted molar refractivity (Wildman–Crippen MR) is 193 cm³/mol. The molecule has 0 radical (unpaired) electrons. The summed E-state index contributed by atoms with van der Waals surface area (Å²) in [7, 11) is 0. The molecule has 9 nitrogen and oxygen atoms in total. The van der Waals surface area contributed by atoms with Crippen LogP contribution >= 0.6 is 11.3 Å². The lowest BCUT2D eigenvalue weighted by molar-refractivity contribution is -0.116. The summed E-state index contributed by atoms with van der Waals surface area (Å²) in [6.07, 6.45) is 3.73. The molecule has 244 valence electrons. The molecule has 2 amide bonds. The van der Waals surface area contributed by atoms with Crippen molar-refractivity contribution in [1.29, 1.82) is 0 Å². The Hall–Kier alpha value is -6.00. The van der Waals surface area contributed by atoms with Gasteiger partial charge in [0.05, 0.1) is 28.5 Å². The second-order valence-electron chi connectivity index (χ2n) is 11.5. The first-order valence-corrected chi connectivity index (χ1v) is 16.8. The minimum atomic E-state index is -0.721. The molecule has 0 bridgehead atoms. The maximum absolute atomic E-state index is 14.4. The summed E-state index contributed by atoms with van der Waals surface area (Å²) < 4.78 is 9.62. The van der Waals surface area contributed by atoms with E-state index in [4.69, 9.17) is 9.73 Å². The van der Waals surface area contributed by atoms with Crippen LogP contribution in [-0.2, 0) is 16.1 Å². The van der Waals surface area contributed by atoms with Gasteiger partial charge in [-0.2, -0.15) is 0 Å². The third-order valence-electron chi connectivity index (χ3n) is 8.28. The van der Waals surface area contributed by atoms with E-state index in [0.717, 1.165) is 27.7 Å². The van der Waals surface area contributed by atoms with Crippen molar-refractivity contribution in [3.63, 3.8) is 0 Å². The van der Waals surface area contributed by atoms with Gasteiger partial charge in [0.15, 0.2) is 4.80 Å². The SMILES string of the molecule is CCOc1ccc([C@@H]2C(C(=O)Nc3ccccc3)=C(C)N=c3s/c(=C\c4cn(CC(=O)Nc5ccccc5)c5ccccc45)c(=O)n32)cc1. The van der Waals surface area contributed by atoms with Crippen molar-refractivity contribution in [3.8, 4) is 5.75 Å². The minimum Gasteiger partial charge on any atom is -0.494 e. The summed E-state index contributed by atoms with van der Waals surface area (Å²) in [6.45, 7) is 4.33. The molecule has 3 heterocycles. The molecule has 2 aromatic heterocycles. The van der Waals surface area contributed by atoms with Crippen LogP contribution in [0.5, 0.6) is 5.75 Å². The number of hydrogen-bond donors (Lipinski definition) is 2. The molecule has 1 aliphatic heterocycles. The number of nitrogens with one attached hydrogen (secondary N) is 2. The van der Waals surface area contributed by atoms with Gasteiger partial charge in [-0.3, -0.25) is 19.0 Å². The number of nitrogens with zero attached hydrogens (tertiary/aromatic N) is 3. The van der Waals surface area contributed by atoms with Crippen LogP contribution < -0.4 is 30.3 Å². The fourth-order valence-electron chi connectivity index (χ4n) is 6.10. The molecule has 2 N–H and O–H groups in total. The van der Waals surface area contributed by atoms with Crippen LogP contribution in [-0.4, -0.2) is 27.6 Å². The minimum absolute atomic E-state index is 0.0985. The Morgan fingerprint density at radius 2 is 1.53 bits per heavy atom. The lowest BCUT2D eigenvalue weighted by atomic mass is 9.95. The lowest BCUT2D eigenvalue weighted by Crippen LogP contribution is -2.40. The van der Waals surface area contributed by atoms with E-state index < -0.39 is 6.04 Å². The number of allylic oxidation sites excluding steroid dienone is 1. The Morgan fingerprint density at radius 1 is 0.878 bits per heavy atom. The van der Waals surface area contributed by atoms with Crippen LogP contribution in [0.3, 0.4) is 0 Å². The number of carbonyl (C=O) groups excluding carboxylic acids is 2. The lowest BCUT2D eigenvalue weighted by Gasteiger charge is -2.25. The van der Waals surface area contributed by atoms with Gasteiger partial charge in [-0.05, 0) is 68.0 Å². The van der Waals surface area contributed by atoms with Crippen molar-refractivity contribution < 1.29 is 14.3 Å². The van der Waals surface area contributed by atoms with E-state index in [1.807, 2.05) is 133 Å². The molecule has 4 aromatic carbocycles. The van der Waals surface area contributed by atoms with E-state index in [-0.39, 0.29) is 23.9 Å². The Morgan fingerprint density at radius 3 is 2.22 bits per heavy atom. The number of para-hydroxylation sites is 3. The second-order valence-corrected chi connectivity index (χ2v) is 12.6. The summed E-state index contributed by atoms with van der Waals surface area (Å²) in [5.74, 6) is 0.200. The topological polar surface area (TPSA) is 107 Å². The number of aromatic nitrogens is 2. The van der Waals surface area contributed by atoms with E-state index in [0.29, 0.717) is 38.6 Å². The fourth-order valence-corrected chi connectivity index (χ4v) is 7.14. The Bertz CT molecular complexity index is 2390. The predicted octanol–water partition coefficient (Wildman–Crippen LogP) is 5.87. The van der Waals surface area contributed by atoms with Gasteiger partial charge in [0, 0.05) is 34.0 Å². The molecule has 0 saturated heterocycles. The number of anilines is 2. The van der Waals surface area contributed by atoms with Crippen LogP contribution in [0.25, 0.3) is 17.0 Å². The van der Waals surface area contributed by atoms with E-state index in [2.05, 4.69) is 10.6 Å². The van der Waals surface area contributed by atoms with Crippen molar-refractivity contribution in [2.24, 2.45) is 4.99 Å². The van der Waals surface area contributed by atoms with Crippen LogP contribution in [0.15, 0.2) is 136 Å². The number of benzene rings is 4. The van der Waals surface area contributed by atoms with Crippen molar-refractivity contribution in [1.82, 2.24) is 9.13 Å². The van der Waals surface area contributed by atoms with E-state index in [1.54, 1.807) is 11.5 Å². The normalized spacial score (nSPS) is 14.3. The monoisotopic (exact) mass is 667 g/mol. The van der Waals surface area contributed by atoms with Gasteiger partial charge in [0.25, 0.3) is 11.5 Å². The molecule has 1 atom stereocenters. The summed E-state index contributed by atoms with van der Waals surface area (Å²) in [6, 6.07) is 33.1. The molecule has 0 aliphatic carbocycles. The molecule has 0 unspecified atom stereocenters. The van der Waals surface area contributed by atoms with Crippen LogP contribution in [0.1, 0.15) is 31.0 Å². The molecule has 0 saturated carbocycles. The van der Waals surface area contributed by atoms with Crippen molar-refractivity contribution in [3.05, 3.63) is 157 Å². The van der Waals surface area contributed by atoms with Gasteiger partial charge in [-0.25, -0.2) is 4.99 Å². The number of ether oxygens (including phenoxy) is 1. The summed E-state index contributed by atoms with van der Waals surface area (Å²) in [4.78, 5) is 46.5. The third-order valence-corrected chi connectivity index (χ3v) is 9.27. The Labute approximate surface area is 286 Å². The zero-order valence-corrected chi connectivity index (χ0v) is 27.7. The average molecular weight is 668 g/mol. The van der Waals surface area contributed by atoms with E-state index >= 15 is 0 Å². The molecule has 0 spiro atoms. The highest BCUT2D eigenvalue weighted by Crippen LogP contribution is 2.32. The first-order valence-electron chi connectivity index (χ1n) is 15.9. The molecule has 49 heavy (non-hydrogen) atoms. The fraction of sp³-hybridized carbons (Fsp3) is 0.128. The van der Waals surface area contributed by atoms with Gasteiger partial charge < -0.3 is 19.9 Å². The number of rotatable bonds is 9. The molecule has 7 rings (SSSR count). The number of fused-ring (bicyclic) bond motifs is 2. The van der Waals surface area contributed by atoms with Crippen LogP contribution in [0, 0.1) is 0 Å². The third kappa shape index (κ3) is 6.46. The highest BCUT2D eigenvalue weighted by atomic mass is 32.1. The standard InChI is InChI=1S/C39H33N5O4S/c1-3-48-30-20-18-26(19-21-30)36-35(37(46)42-29-14-8-5-9-15-29)25(2)40-39-44(36)38(47)33(49-39)22-27-23-43(32-17-11-10-16-31(27)32)24-34(45)41-28-12-6-4-7-13-28/h4-23,36H,3,24H2,1-2H3,(H,41,45)(H,42,46)/b33-22-/t36-/m1/s1. The van der Waals surface area contributed by atoms with Gasteiger partial charge in [-0.1, -0.05) is 78.1 Å². The first-order chi connectivity index (χ1) is 23.9. The molecular formula is C39H33N5O4S. The van der Waals surface area contributed by atoms with Gasteiger partial charge in [0.2, 0.25) is 5.91 Å². The van der Waals surface area contributed by atoms with Crippen molar-refractivity contribution in [2.75, 3.05) is 17.2 Å². The summed E-state index contributed by atoms with van der Waals surface area (Å²) in [5.41, 5.74) is 4.43.